The molecule has 3 aromatic carbocycles. The number of benzene rings is 3. The molecule has 2 N–H and O–H groups in total. The molecule has 1 heterocycles. The number of ether oxygens (including phenoxy) is 2. The smallest absolute Gasteiger partial charge is 0.239 e. The Balaban J connectivity index is 1.38. The fourth-order valence-corrected chi connectivity index (χ4v) is 4.08. The molecule has 0 bridgehead atoms. The van der Waals surface area contributed by atoms with Crippen molar-refractivity contribution in [1.82, 2.24) is 4.72 Å². The van der Waals surface area contributed by atoms with Gasteiger partial charge in [-0.05, 0) is 29.1 Å². The van der Waals surface area contributed by atoms with Crippen molar-refractivity contribution < 1.29 is 22.7 Å². The van der Waals surface area contributed by atoms with E-state index in [4.69, 9.17) is 9.47 Å². The zero-order valence-electron chi connectivity index (χ0n) is 14.8. The number of hydrogen-bond donors (Lipinski definition) is 2. The molecule has 28 heavy (non-hydrogen) atoms. The Kier molecular flexibility index (Phi) is 4.89. The highest BCUT2D eigenvalue weighted by atomic mass is 32.2. The first-order chi connectivity index (χ1) is 13.5. The highest BCUT2D eigenvalue weighted by molar-refractivity contribution is 7.88. The molecule has 0 unspecified atom stereocenters. The van der Waals surface area contributed by atoms with Crippen LogP contribution >= 0.6 is 0 Å². The SMILES string of the molecule is O=C(CNS(=O)(=O)Cc1ccc2c(c1)OCO2)Nc1cccc2ccccc12. The standard InChI is InChI=1S/C20H18N2O5S/c23-20(22-17-7-3-5-15-4-1-2-6-16(15)17)11-21-28(24,25)12-14-8-9-18-19(10-14)27-13-26-18/h1-10,21H,11-13H2,(H,22,23). The van der Waals surface area contributed by atoms with Crippen molar-refractivity contribution in [3.8, 4) is 11.5 Å². The van der Waals surface area contributed by atoms with E-state index in [0.717, 1.165) is 10.8 Å². The van der Waals surface area contributed by atoms with Gasteiger partial charge in [-0.25, -0.2) is 13.1 Å². The molecule has 0 atom stereocenters. The van der Waals surface area contributed by atoms with E-state index in [-0.39, 0.29) is 19.1 Å². The van der Waals surface area contributed by atoms with Crippen molar-refractivity contribution >= 4 is 32.4 Å². The molecule has 0 aliphatic carbocycles. The van der Waals surface area contributed by atoms with Gasteiger partial charge >= 0.3 is 0 Å². The lowest BCUT2D eigenvalue weighted by molar-refractivity contribution is -0.115. The molecule has 0 aromatic heterocycles. The third kappa shape index (κ3) is 4.08. The van der Waals surface area contributed by atoms with Gasteiger partial charge < -0.3 is 14.8 Å². The third-order valence-corrected chi connectivity index (χ3v) is 5.61. The molecular formula is C20H18N2O5S. The Morgan fingerprint density at radius 1 is 0.964 bits per heavy atom. The van der Waals surface area contributed by atoms with E-state index in [1.165, 1.54) is 0 Å². The van der Waals surface area contributed by atoms with Crippen LogP contribution < -0.4 is 19.5 Å². The highest BCUT2D eigenvalue weighted by Crippen LogP contribution is 2.32. The van der Waals surface area contributed by atoms with Crippen LogP contribution in [-0.2, 0) is 20.6 Å². The second-order valence-electron chi connectivity index (χ2n) is 6.34. The Hall–Kier alpha value is -3.10. The fraction of sp³-hybridized carbons (Fsp3) is 0.150. The van der Waals surface area contributed by atoms with Crippen molar-refractivity contribution in [2.24, 2.45) is 0 Å². The first-order valence-electron chi connectivity index (χ1n) is 8.64. The monoisotopic (exact) mass is 398 g/mol. The molecule has 3 aromatic rings. The number of nitrogens with one attached hydrogen (secondary N) is 2. The van der Waals surface area contributed by atoms with Crippen LogP contribution in [0.3, 0.4) is 0 Å². The molecule has 1 aliphatic heterocycles. The molecule has 8 heteroatoms. The molecule has 0 radical (unpaired) electrons. The summed E-state index contributed by atoms with van der Waals surface area (Å²) in [5.41, 5.74) is 1.18. The second-order valence-corrected chi connectivity index (χ2v) is 8.15. The summed E-state index contributed by atoms with van der Waals surface area (Å²) in [4.78, 5) is 12.2. The third-order valence-electron chi connectivity index (χ3n) is 4.31. The summed E-state index contributed by atoms with van der Waals surface area (Å²) in [6.07, 6.45) is 0. The van der Waals surface area contributed by atoms with Crippen LogP contribution in [0.15, 0.2) is 60.7 Å². The number of sulfonamides is 1. The van der Waals surface area contributed by atoms with Crippen LogP contribution in [0.2, 0.25) is 0 Å². The lowest BCUT2D eigenvalue weighted by Crippen LogP contribution is -2.33. The molecule has 4 rings (SSSR count). The number of rotatable bonds is 6. The van der Waals surface area contributed by atoms with Crippen molar-refractivity contribution in [2.45, 2.75) is 5.75 Å². The number of fused-ring (bicyclic) bond motifs is 2. The molecule has 0 saturated heterocycles. The van der Waals surface area contributed by atoms with Crippen LogP contribution in [0.25, 0.3) is 10.8 Å². The molecule has 144 valence electrons. The van der Waals surface area contributed by atoms with Gasteiger partial charge in [-0.3, -0.25) is 4.79 Å². The van der Waals surface area contributed by atoms with Crippen LogP contribution in [0.5, 0.6) is 11.5 Å². The largest absolute Gasteiger partial charge is 0.454 e. The Morgan fingerprint density at radius 3 is 2.64 bits per heavy atom. The van der Waals surface area contributed by atoms with Gasteiger partial charge in [0.1, 0.15) is 0 Å². The molecule has 0 saturated carbocycles. The predicted molar refractivity (Wildman–Crippen MR) is 106 cm³/mol. The average molecular weight is 398 g/mol. The maximum absolute atomic E-state index is 12.3. The average Bonchev–Trinajstić information content (AvgIpc) is 3.14. The predicted octanol–water partition coefficient (Wildman–Crippen LogP) is 2.63. The summed E-state index contributed by atoms with van der Waals surface area (Å²) in [6.45, 7) is -0.228. The van der Waals surface area contributed by atoms with Crippen LogP contribution in [0, 0.1) is 0 Å². The summed E-state index contributed by atoms with van der Waals surface area (Å²) in [5.74, 6) is 0.404. The van der Waals surface area contributed by atoms with Gasteiger partial charge in [0.15, 0.2) is 11.5 Å². The zero-order chi connectivity index (χ0) is 19.6. The van der Waals surface area contributed by atoms with E-state index in [1.54, 1.807) is 24.3 Å². The number of amides is 1. The molecule has 0 fully saturated rings. The van der Waals surface area contributed by atoms with Crippen LogP contribution in [0.1, 0.15) is 5.56 Å². The quantitative estimate of drug-likeness (QED) is 0.666. The van der Waals surface area contributed by atoms with Crippen LogP contribution in [-0.4, -0.2) is 27.7 Å². The molecular weight excluding hydrogens is 380 g/mol. The minimum Gasteiger partial charge on any atom is -0.454 e. The normalized spacial score (nSPS) is 12.9. The van der Waals surface area contributed by atoms with E-state index < -0.39 is 15.9 Å². The van der Waals surface area contributed by atoms with Gasteiger partial charge in [0.25, 0.3) is 0 Å². The lowest BCUT2D eigenvalue weighted by Gasteiger charge is -2.10. The van der Waals surface area contributed by atoms with E-state index in [9.17, 15) is 13.2 Å². The van der Waals surface area contributed by atoms with Crippen molar-refractivity contribution in [3.63, 3.8) is 0 Å². The first kappa shape index (κ1) is 18.3. The van der Waals surface area contributed by atoms with Gasteiger partial charge in [-0.2, -0.15) is 0 Å². The number of hydrogen-bond acceptors (Lipinski definition) is 5. The van der Waals surface area contributed by atoms with Crippen molar-refractivity contribution in [1.29, 1.82) is 0 Å². The molecule has 0 spiro atoms. The minimum absolute atomic E-state index is 0.123. The first-order valence-corrected chi connectivity index (χ1v) is 10.3. The van der Waals surface area contributed by atoms with E-state index in [2.05, 4.69) is 10.0 Å². The fourth-order valence-electron chi connectivity index (χ4n) is 3.01. The van der Waals surface area contributed by atoms with Gasteiger partial charge in [0.2, 0.25) is 22.7 Å². The molecule has 1 aliphatic rings. The van der Waals surface area contributed by atoms with Gasteiger partial charge in [0, 0.05) is 11.1 Å². The summed E-state index contributed by atoms with van der Waals surface area (Å²) < 4.78 is 37.4. The van der Waals surface area contributed by atoms with Gasteiger partial charge in [-0.1, -0.05) is 42.5 Å². The summed E-state index contributed by atoms with van der Waals surface area (Å²) in [7, 11) is -3.69. The Labute approximate surface area is 162 Å². The summed E-state index contributed by atoms with van der Waals surface area (Å²) in [6, 6.07) is 18.1. The van der Waals surface area contributed by atoms with Crippen LogP contribution in [0.4, 0.5) is 5.69 Å². The topological polar surface area (TPSA) is 93.7 Å². The van der Waals surface area contributed by atoms with E-state index in [1.807, 2.05) is 36.4 Å². The molecule has 1 amide bonds. The Morgan fingerprint density at radius 2 is 1.75 bits per heavy atom. The van der Waals surface area contributed by atoms with Crippen molar-refractivity contribution in [2.75, 3.05) is 18.7 Å². The van der Waals surface area contributed by atoms with Gasteiger partial charge in [0.05, 0.1) is 12.3 Å². The Bertz CT molecular complexity index is 1140. The maximum atomic E-state index is 12.3. The number of carbonyl (C=O) groups excluding carboxylic acids is 1. The van der Waals surface area contributed by atoms with Gasteiger partial charge in [-0.15, -0.1) is 0 Å². The highest BCUT2D eigenvalue weighted by Gasteiger charge is 2.18. The summed E-state index contributed by atoms with van der Waals surface area (Å²) >= 11 is 0. The van der Waals surface area contributed by atoms with Crippen molar-refractivity contribution in [3.05, 3.63) is 66.2 Å². The molecule has 7 nitrogen and oxygen atoms in total. The summed E-state index contributed by atoms with van der Waals surface area (Å²) in [5, 5.41) is 4.63. The number of carbonyl (C=O) groups is 1. The van der Waals surface area contributed by atoms with E-state index >= 15 is 0 Å². The zero-order valence-corrected chi connectivity index (χ0v) is 15.7. The lowest BCUT2D eigenvalue weighted by atomic mass is 10.1. The maximum Gasteiger partial charge on any atom is 0.239 e. The number of anilines is 1. The minimum atomic E-state index is -3.69. The van der Waals surface area contributed by atoms with E-state index in [0.29, 0.717) is 22.7 Å². The second kappa shape index (κ2) is 7.49.